The van der Waals surface area contributed by atoms with E-state index in [0.29, 0.717) is 36.7 Å². The van der Waals surface area contributed by atoms with Crippen LogP contribution in [0, 0.1) is 24.5 Å². The summed E-state index contributed by atoms with van der Waals surface area (Å²) in [6, 6.07) is 17.4. The summed E-state index contributed by atoms with van der Waals surface area (Å²) in [5.41, 5.74) is 3.00. The normalized spacial score (nSPS) is 20.8. The Kier molecular flexibility index (Phi) is 8.63. The third kappa shape index (κ3) is 6.10. The van der Waals surface area contributed by atoms with Gasteiger partial charge in [-0.1, -0.05) is 43.2 Å². The summed E-state index contributed by atoms with van der Waals surface area (Å²) in [6.07, 6.45) is 7.86. The number of hydrogen-bond donors (Lipinski definition) is 2. The molecular formula is C35H40F2N4O2. The van der Waals surface area contributed by atoms with Crippen molar-refractivity contribution in [2.45, 2.75) is 70.4 Å². The first-order valence-corrected chi connectivity index (χ1v) is 15.7. The van der Waals surface area contributed by atoms with E-state index in [1.807, 2.05) is 29.2 Å². The molecule has 43 heavy (non-hydrogen) atoms. The summed E-state index contributed by atoms with van der Waals surface area (Å²) in [5, 5.41) is 6.45. The van der Waals surface area contributed by atoms with E-state index in [1.54, 1.807) is 42.2 Å². The van der Waals surface area contributed by atoms with E-state index in [2.05, 4.69) is 10.6 Å². The molecule has 3 aromatic carbocycles. The first-order chi connectivity index (χ1) is 20.9. The molecule has 1 saturated carbocycles. The summed E-state index contributed by atoms with van der Waals surface area (Å²) in [5.74, 6) is -2.45. The molecule has 226 valence electrons. The minimum Gasteiger partial charge on any atom is -0.382 e. The number of carbonyl (C=O) groups is 2. The molecule has 6 rings (SSSR count). The van der Waals surface area contributed by atoms with E-state index in [1.165, 1.54) is 18.9 Å². The van der Waals surface area contributed by atoms with Gasteiger partial charge in [-0.15, -0.1) is 0 Å². The molecular weight excluding hydrogens is 546 g/mol. The van der Waals surface area contributed by atoms with Gasteiger partial charge in [0.2, 0.25) is 5.91 Å². The van der Waals surface area contributed by atoms with Crippen molar-refractivity contribution in [2.24, 2.45) is 5.92 Å². The van der Waals surface area contributed by atoms with E-state index < -0.39 is 29.5 Å². The van der Waals surface area contributed by atoms with Crippen LogP contribution in [0.5, 0.6) is 0 Å². The van der Waals surface area contributed by atoms with Gasteiger partial charge in [-0.05, 0) is 86.9 Å². The lowest BCUT2D eigenvalue weighted by Crippen LogP contribution is -2.46. The van der Waals surface area contributed by atoms with Gasteiger partial charge >= 0.3 is 0 Å². The van der Waals surface area contributed by atoms with Gasteiger partial charge in [-0.3, -0.25) is 9.59 Å². The Balaban J connectivity index is 1.31. The van der Waals surface area contributed by atoms with E-state index in [0.717, 1.165) is 50.0 Å². The third-order valence-corrected chi connectivity index (χ3v) is 9.33. The molecule has 1 unspecified atom stereocenters. The van der Waals surface area contributed by atoms with Crippen molar-refractivity contribution in [3.8, 4) is 0 Å². The van der Waals surface area contributed by atoms with Crippen LogP contribution in [0.1, 0.15) is 78.9 Å². The lowest BCUT2D eigenvalue weighted by Gasteiger charge is -2.41. The van der Waals surface area contributed by atoms with Crippen LogP contribution in [0.3, 0.4) is 0 Å². The Bertz CT molecular complexity index is 1440. The zero-order valence-corrected chi connectivity index (χ0v) is 24.8. The number of likely N-dealkylation sites (tertiary alicyclic amines) is 1. The number of piperidine rings is 1. The highest BCUT2D eigenvalue weighted by molar-refractivity contribution is 5.98. The lowest BCUT2D eigenvalue weighted by atomic mass is 9.83. The molecule has 3 aliphatic rings. The number of nitrogens with one attached hydrogen (secondary N) is 2. The predicted octanol–water partition coefficient (Wildman–Crippen LogP) is 7.46. The second kappa shape index (κ2) is 12.7. The zero-order valence-electron chi connectivity index (χ0n) is 24.8. The second-order valence-electron chi connectivity index (χ2n) is 12.2. The second-order valence-corrected chi connectivity index (χ2v) is 12.2. The first kappa shape index (κ1) is 29.1. The Hall–Kier alpha value is -3.94. The average molecular weight is 587 g/mol. The number of amides is 2. The standard InChI is InChI=1S/C35H40F2N4O2/c1-23-9-6-13-28(36)31(23)35(43)41-22-8-12-27(33(41)24-16-18-26(19-17-24)38-25-10-2-3-11-25)34(42)39-29-14-7-15-30(32(29)37)40-20-4-5-21-40/h6-7,9,13-19,25,27,33,38H,2-5,8,10-12,20-22H2,1H3,(H,39,42)/t27?,33-/m0/s1. The fourth-order valence-electron chi connectivity index (χ4n) is 7.08. The molecule has 0 aromatic heterocycles. The Morgan fingerprint density at radius 3 is 2.26 bits per heavy atom. The molecule has 2 atom stereocenters. The fraction of sp³-hybridized carbons (Fsp3) is 0.429. The maximum absolute atomic E-state index is 15.6. The van der Waals surface area contributed by atoms with Gasteiger partial charge in [0.1, 0.15) is 5.82 Å². The van der Waals surface area contributed by atoms with Crippen LogP contribution >= 0.6 is 0 Å². The average Bonchev–Trinajstić information content (AvgIpc) is 3.73. The number of rotatable bonds is 7. The van der Waals surface area contributed by atoms with Crippen LogP contribution in [0.15, 0.2) is 60.7 Å². The zero-order chi connectivity index (χ0) is 29.9. The van der Waals surface area contributed by atoms with Gasteiger partial charge in [0, 0.05) is 31.4 Å². The predicted molar refractivity (Wildman–Crippen MR) is 166 cm³/mol. The minimum absolute atomic E-state index is 0.0254. The molecule has 3 aromatic rings. The Labute approximate surface area is 252 Å². The summed E-state index contributed by atoms with van der Waals surface area (Å²) in [4.78, 5) is 31.6. The van der Waals surface area contributed by atoms with Crippen molar-refractivity contribution in [1.82, 2.24) is 4.90 Å². The van der Waals surface area contributed by atoms with Crippen LogP contribution in [-0.2, 0) is 4.79 Å². The largest absolute Gasteiger partial charge is 0.382 e. The monoisotopic (exact) mass is 586 g/mol. The Morgan fingerprint density at radius 1 is 0.814 bits per heavy atom. The number of halogens is 2. The molecule has 3 fully saturated rings. The smallest absolute Gasteiger partial charge is 0.257 e. The van der Waals surface area contributed by atoms with Crippen LogP contribution in [0.25, 0.3) is 0 Å². The molecule has 0 radical (unpaired) electrons. The van der Waals surface area contributed by atoms with E-state index in [4.69, 9.17) is 0 Å². The maximum atomic E-state index is 15.6. The molecule has 2 amide bonds. The first-order valence-electron chi connectivity index (χ1n) is 15.7. The fourth-order valence-corrected chi connectivity index (χ4v) is 7.08. The number of carbonyl (C=O) groups excluding carboxylic acids is 2. The number of aryl methyl sites for hydroxylation is 1. The quantitative estimate of drug-likeness (QED) is 0.302. The van der Waals surface area contributed by atoms with Gasteiger partial charge in [-0.2, -0.15) is 0 Å². The molecule has 6 nitrogen and oxygen atoms in total. The minimum atomic E-state index is -0.645. The molecule has 0 spiro atoms. The van der Waals surface area contributed by atoms with Gasteiger partial charge in [0.15, 0.2) is 5.82 Å². The highest BCUT2D eigenvalue weighted by atomic mass is 19.1. The van der Waals surface area contributed by atoms with Gasteiger partial charge in [-0.25, -0.2) is 8.78 Å². The number of hydrogen-bond acceptors (Lipinski definition) is 4. The van der Waals surface area contributed by atoms with Gasteiger partial charge in [0.25, 0.3) is 5.91 Å². The maximum Gasteiger partial charge on any atom is 0.257 e. The van der Waals surface area contributed by atoms with Crippen molar-refractivity contribution >= 4 is 28.9 Å². The Morgan fingerprint density at radius 2 is 1.53 bits per heavy atom. The van der Waals surface area contributed by atoms with Crippen LogP contribution in [0.2, 0.25) is 0 Å². The van der Waals surface area contributed by atoms with E-state index in [9.17, 15) is 9.59 Å². The SMILES string of the molecule is Cc1cccc(F)c1C(=O)N1CCCC(C(=O)Nc2cccc(N3CCCC3)c2F)[C@@H]1c1ccc(NC2CCCC2)cc1. The molecule has 2 aliphatic heterocycles. The van der Waals surface area contributed by atoms with Crippen molar-refractivity contribution < 1.29 is 18.4 Å². The highest BCUT2D eigenvalue weighted by Crippen LogP contribution is 2.39. The van der Waals surface area contributed by atoms with Crippen LogP contribution < -0.4 is 15.5 Å². The summed E-state index contributed by atoms with van der Waals surface area (Å²) >= 11 is 0. The van der Waals surface area contributed by atoms with Crippen molar-refractivity contribution in [3.63, 3.8) is 0 Å². The molecule has 2 saturated heterocycles. The highest BCUT2D eigenvalue weighted by Gasteiger charge is 2.41. The number of nitrogens with zero attached hydrogens (tertiary/aromatic N) is 2. The molecule has 8 heteroatoms. The van der Waals surface area contributed by atoms with Crippen molar-refractivity contribution in [2.75, 3.05) is 35.2 Å². The van der Waals surface area contributed by atoms with E-state index >= 15 is 8.78 Å². The summed E-state index contributed by atoms with van der Waals surface area (Å²) in [6.45, 7) is 3.69. The van der Waals surface area contributed by atoms with Crippen LogP contribution in [0.4, 0.5) is 25.8 Å². The molecule has 2 N–H and O–H groups in total. The molecule has 0 bridgehead atoms. The summed E-state index contributed by atoms with van der Waals surface area (Å²) < 4.78 is 30.6. The summed E-state index contributed by atoms with van der Waals surface area (Å²) in [7, 11) is 0. The lowest BCUT2D eigenvalue weighted by molar-refractivity contribution is -0.123. The van der Waals surface area contributed by atoms with E-state index in [-0.39, 0.29) is 17.2 Å². The molecule has 1 aliphatic carbocycles. The molecule has 2 heterocycles. The van der Waals surface area contributed by atoms with Gasteiger partial charge in [0.05, 0.1) is 28.9 Å². The van der Waals surface area contributed by atoms with Gasteiger partial charge < -0.3 is 20.4 Å². The van der Waals surface area contributed by atoms with Crippen molar-refractivity contribution in [3.05, 3.63) is 89.0 Å². The topological polar surface area (TPSA) is 64.7 Å². The number of anilines is 3. The third-order valence-electron chi connectivity index (χ3n) is 9.33. The van der Waals surface area contributed by atoms with Crippen LogP contribution in [-0.4, -0.2) is 42.4 Å². The number of benzene rings is 3. The van der Waals surface area contributed by atoms with Crippen molar-refractivity contribution in [1.29, 1.82) is 0 Å².